The molecule has 4 aromatic rings. The molecule has 1 aromatic heterocycles. The summed E-state index contributed by atoms with van der Waals surface area (Å²) in [4.78, 5) is 9.48. The predicted molar refractivity (Wildman–Crippen MR) is 134 cm³/mol. The Labute approximate surface area is 199 Å². The quantitative estimate of drug-likeness (QED) is 0.391. The number of sulfone groups is 1. The van der Waals surface area contributed by atoms with Crippen LogP contribution in [0.2, 0.25) is 0 Å². The molecular weight excluding hydrogens is 450 g/mol. The number of hydrogen-bond acceptors (Lipinski definition) is 7. The van der Waals surface area contributed by atoms with Crippen LogP contribution in [-0.2, 0) is 9.84 Å². The fourth-order valence-electron chi connectivity index (χ4n) is 3.97. The van der Waals surface area contributed by atoms with Crippen LogP contribution in [0.5, 0.6) is 11.5 Å². The van der Waals surface area contributed by atoms with E-state index in [4.69, 9.17) is 9.47 Å². The highest BCUT2D eigenvalue weighted by Gasteiger charge is 2.17. The van der Waals surface area contributed by atoms with Crippen molar-refractivity contribution in [1.82, 2.24) is 9.97 Å². The summed E-state index contributed by atoms with van der Waals surface area (Å²) in [5, 5.41) is 4.30. The highest BCUT2D eigenvalue weighted by atomic mass is 32.2. The van der Waals surface area contributed by atoms with Crippen LogP contribution in [0, 0.1) is 6.92 Å². The Bertz CT molecular complexity index is 1470. The molecular formula is C26H27N3O4S. The van der Waals surface area contributed by atoms with E-state index in [1.165, 1.54) is 6.26 Å². The molecule has 0 aliphatic carbocycles. The van der Waals surface area contributed by atoms with Crippen LogP contribution >= 0.6 is 0 Å². The summed E-state index contributed by atoms with van der Waals surface area (Å²) in [5.41, 5.74) is 3.25. The Morgan fingerprint density at radius 2 is 1.62 bits per heavy atom. The Balaban J connectivity index is 1.73. The summed E-state index contributed by atoms with van der Waals surface area (Å²) in [7, 11) is -0.177. The molecule has 0 spiro atoms. The maximum absolute atomic E-state index is 12.3. The van der Waals surface area contributed by atoms with E-state index in [-0.39, 0.29) is 6.04 Å². The van der Waals surface area contributed by atoms with Crippen LogP contribution in [0.25, 0.3) is 22.0 Å². The fraction of sp³-hybridized carbons (Fsp3) is 0.231. The first-order valence-corrected chi connectivity index (χ1v) is 12.7. The van der Waals surface area contributed by atoms with Gasteiger partial charge in [-0.05, 0) is 43.2 Å². The average molecular weight is 478 g/mol. The topological polar surface area (TPSA) is 90.4 Å². The van der Waals surface area contributed by atoms with Crippen LogP contribution in [0.1, 0.15) is 24.4 Å². The second-order valence-corrected chi connectivity index (χ2v) is 10.1. The van der Waals surface area contributed by atoms with Gasteiger partial charge < -0.3 is 14.8 Å². The molecule has 4 rings (SSSR count). The van der Waals surface area contributed by atoms with Crippen molar-refractivity contribution in [3.8, 4) is 22.6 Å². The van der Waals surface area contributed by atoms with Gasteiger partial charge in [-0.25, -0.2) is 18.4 Å². The molecule has 34 heavy (non-hydrogen) atoms. The third kappa shape index (κ3) is 4.68. The number of fused-ring (bicyclic) bond motifs is 1. The number of nitrogens with one attached hydrogen (secondary N) is 1. The van der Waals surface area contributed by atoms with Gasteiger partial charge >= 0.3 is 0 Å². The molecule has 0 aliphatic heterocycles. The van der Waals surface area contributed by atoms with Gasteiger partial charge in [0, 0.05) is 29.3 Å². The largest absolute Gasteiger partial charge is 0.493 e. The molecule has 0 aliphatic rings. The summed E-state index contributed by atoms with van der Waals surface area (Å²) in [6.07, 6.45) is 1.23. The Hall–Kier alpha value is -3.65. The lowest BCUT2D eigenvalue weighted by molar-refractivity contribution is 0.356. The first-order chi connectivity index (χ1) is 16.2. The van der Waals surface area contributed by atoms with Crippen LogP contribution in [0.4, 0.5) is 5.82 Å². The van der Waals surface area contributed by atoms with Gasteiger partial charge in [-0.2, -0.15) is 0 Å². The smallest absolute Gasteiger partial charge is 0.176 e. The molecule has 0 radical (unpaired) electrons. The van der Waals surface area contributed by atoms with E-state index in [1.807, 2.05) is 62.4 Å². The van der Waals surface area contributed by atoms with Crippen molar-refractivity contribution in [1.29, 1.82) is 0 Å². The number of aryl methyl sites for hydroxylation is 1. The van der Waals surface area contributed by atoms with Crippen LogP contribution in [0.3, 0.4) is 0 Å². The third-order valence-electron chi connectivity index (χ3n) is 5.65. The summed E-state index contributed by atoms with van der Waals surface area (Å²) >= 11 is 0. The van der Waals surface area contributed by atoms with Crippen molar-refractivity contribution in [3.63, 3.8) is 0 Å². The van der Waals surface area contributed by atoms with Gasteiger partial charge in [0.1, 0.15) is 11.6 Å². The molecule has 176 valence electrons. The summed E-state index contributed by atoms with van der Waals surface area (Å²) in [6, 6.07) is 18.5. The van der Waals surface area contributed by atoms with Crippen LogP contribution < -0.4 is 14.8 Å². The minimum absolute atomic E-state index is 0.115. The van der Waals surface area contributed by atoms with Crippen molar-refractivity contribution in [3.05, 3.63) is 72.1 Å². The van der Waals surface area contributed by atoms with Gasteiger partial charge in [0.2, 0.25) is 0 Å². The monoisotopic (exact) mass is 477 g/mol. The van der Waals surface area contributed by atoms with E-state index in [2.05, 4.69) is 15.3 Å². The standard InChI is InChI=1S/C26H27N3O4S/c1-16(18-9-8-10-19(13-18)20-11-6-7-12-25(20)34(5,30)31)27-26-21-14-23(32-3)24(33-4)15-22(21)28-17(2)29-26/h6-16H,1-5H3,(H,27,28,29)/t16-/m1/s1. The Morgan fingerprint density at radius 1 is 0.912 bits per heavy atom. The zero-order chi connectivity index (χ0) is 24.5. The number of rotatable bonds is 7. The SMILES string of the molecule is COc1cc2nc(C)nc(N[C@H](C)c3cccc(-c4ccccc4S(C)(=O)=O)c3)c2cc1OC. The van der Waals surface area contributed by atoms with Gasteiger partial charge in [0.15, 0.2) is 21.3 Å². The van der Waals surface area contributed by atoms with Crippen molar-refractivity contribution < 1.29 is 17.9 Å². The van der Waals surface area contributed by atoms with Gasteiger partial charge in [-0.15, -0.1) is 0 Å². The van der Waals surface area contributed by atoms with Gasteiger partial charge in [-0.1, -0.05) is 36.4 Å². The zero-order valence-corrected chi connectivity index (χ0v) is 20.6. The molecule has 0 bridgehead atoms. The summed E-state index contributed by atoms with van der Waals surface area (Å²) < 4.78 is 35.5. The number of methoxy groups -OCH3 is 2. The second-order valence-electron chi connectivity index (χ2n) is 8.10. The minimum atomic E-state index is -3.36. The normalized spacial score (nSPS) is 12.4. The van der Waals surface area contributed by atoms with E-state index in [9.17, 15) is 8.42 Å². The molecule has 0 unspecified atom stereocenters. The van der Waals surface area contributed by atoms with Crippen LogP contribution in [0.15, 0.2) is 65.6 Å². The number of aromatic nitrogens is 2. The van der Waals surface area contributed by atoms with Gasteiger partial charge in [-0.3, -0.25) is 0 Å². The first kappa shape index (κ1) is 23.5. The van der Waals surface area contributed by atoms with E-state index in [1.54, 1.807) is 26.4 Å². The van der Waals surface area contributed by atoms with E-state index in [0.29, 0.717) is 33.6 Å². The lowest BCUT2D eigenvalue weighted by atomic mass is 10.00. The van der Waals surface area contributed by atoms with Gasteiger partial charge in [0.25, 0.3) is 0 Å². The molecule has 0 fully saturated rings. The maximum atomic E-state index is 12.3. The van der Waals surface area contributed by atoms with Crippen molar-refractivity contribution >= 4 is 26.6 Å². The van der Waals surface area contributed by atoms with E-state index in [0.717, 1.165) is 22.0 Å². The molecule has 0 saturated heterocycles. The first-order valence-electron chi connectivity index (χ1n) is 10.8. The summed E-state index contributed by atoms with van der Waals surface area (Å²) in [6.45, 7) is 3.88. The number of hydrogen-bond donors (Lipinski definition) is 1. The van der Waals surface area contributed by atoms with Crippen molar-refractivity contribution in [2.45, 2.75) is 24.8 Å². The molecule has 8 heteroatoms. The van der Waals surface area contributed by atoms with E-state index < -0.39 is 9.84 Å². The molecule has 0 saturated carbocycles. The number of nitrogens with zero attached hydrogens (tertiary/aromatic N) is 2. The van der Waals surface area contributed by atoms with Gasteiger partial charge in [0.05, 0.1) is 24.6 Å². The second kappa shape index (κ2) is 9.30. The molecule has 1 N–H and O–H groups in total. The number of ether oxygens (including phenoxy) is 2. The minimum Gasteiger partial charge on any atom is -0.493 e. The highest BCUT2D eigenvalue weighted by molar-refractivity contribution is 7.90. The molecule has 0 amide bonds. The Morgan fingerprint density at radius 3 is 2.32 bits per heavy atom. The number of anilines is 1. The van der Waals surface area contributed by atoms with Crippen molar-refractivity contribution in [2.75, 3.05) is 25.8 Å². The average Bonchev–Trinajstić information content (AvgIpc) is 2.82. The molecule has 1 heterocycles. The van der Waals surface area contributed by atoms with Crippen molar-refractivity contribution in [2.24, 2.45) is 0 Å². The fourth-order valence-corrected chi connectivity index (χ4v) is 4.89. The lowest BCUT2D eigenvalue weighted by Crippen LogP contribution is -2.10. The van der Waals surface area contributed by atoms with E-state index >= 15 is 0 Å². The lowest BCUT2D eigenvalue weighted by Gasteiger charge is -2.19. The molecule has 1 atom stereocenters. The highest BCUT2D eigenvalue weighted by Crippen LogP contribution is 2.35. The zero-order valence-electron chi connectivity index (χ0n) is 19.8. The summed E-state index contributed by atoms with van der Waals surface area (Å²) in [5.74, 6) is 2.50. The predicted octanol–water partition coefficient (Wildman–Crippen LogP) is 5.20. The maximum Gasteiger partial charge on any atom is 0.176 e. The number of benzene rings is 3. The van der Waals surface area contributed by atoms with Crippen LogP contribution in [-0.4, -0.2) is 38.9 Å². The molecule has 3 aromatic carbocycles. The molecule has 7 nitrogen and oxygen atoms in total. The third-order valence-corrected chi connectivity index (χ3v) is 6.81. The Kier molecular flexibility index (Phi) is 6.43.